The van der Waals surface area contributed by atoms with Crippen LogP contribution in [-0.4, -0.2) is 27.4 Å². The number of amidine groups is 1. The molecule has 1 heterocycles. The van der Waals surface area contributed by atoms with Gasteiger partial charge in [0, 0.05) is 0 Å². The molecule has 4 nitrogen and oxygen atoms in total. The third-order valence-corrected chi connectivity index (χ3v) is 4.53. The number of thioether (sulfide) groups is 1. The number of benzene rings is 2. The molecule has 0 saturated carbocycles. The van der Waals surface area contributed by atoms with Crippen LogP contribution in [0.3, 0.4) is 0 Å². The van der Waals surface area contributed by atoms with Gasteiger partial charge >= 0.3 is 0 Å². The van der Waals surface area contributed by atoms with Gasteiger partial charge in [-0.05, 0) is 18.1 Å². The van der Waals surface area contributed by atoms with Crippen LogP contribution in [0.25, 0.3) is 0 Å². The Bertz CT molecular complexity index is 728. The Kier molecular flexibility index (Phi) is 4.88. The monoisotopic (exact) mass is 323 g/mol. The van der Waals surface area contributed by atoms with Crippen molar-refractivity contribution in [3.05, 3.63) is 71.8 Å². The lowest BCUT2D eigenvalue weighted by molar-refractivity contribution is -0.126. The molecule has 1 fully saturated rings. The molecule has 0 radical (unpaired) electrons. The molecule has 23 heavy (non-hydrogen) atoms. The van der Waals surface area contributed by atoms with E-state index in [-0.39, 0.29) is 11.2 Å². The number of amides is 1. The van der Waals surface area contributed by atoms with E-state index in [1.165, 1.54) is 11.8 Å². The highest BCUT2D eigenvalue weighted by atomic mass is 32.2. The van der Waals surface area contributed by atoms with Gasteiger partial charge in [0.1, 0.15) is 0 Å². The second-order valence-electron chi connectivity index (χ2n) is 5.21. The number of nitrogens with zero attached hydrogens (tertiary/aromatic N) is 3. The summed E-state index contributed by atoms with van der Waals surface area (Å²) in [4.78, 5) is 14.0. The molecule has 1 aliphatic heterocycles. The van der Waals surface area contributed by atoms with Crippen LogP contribution < -0.4 is 0 Å². The molecule has 1 amide bonds. The Morgan fingerprint density at radius 3 is 2.43 bits per heavy atom. The number of carbonyl (C=O) groups excluding carboxylic acids is 1. The normalized spacial score (nSPS) is 19.9. The van der Waals surface area contributed by atoms with Gasteiger partial charge in [0.05, 0.1) is 18.0 Å². The average molecular weight is 323 g/mol. The van der Waals surface area contributed by atoms with Gasteiger partial charge in [-0.2, -0.15) is 5.10 Å². The van der Waals surface area contributed by atoms with E-state index < -0.39 is 0 Å². The van der Waals surface area contributed by atoms with E-state index in [0.717, 1.165) is 11.1 Å². The van der Waals surface area contributed by atoms with Crippen LogP contribution in [0.1, 0.15) is 18.1 Å². The van der Waals surface area contributed by atoms with Crippen LogP contribution in [-0.2, 0) is 11.3 Å². The maximum absolute atomic E-state index is 12.3. The highest BCUT2D eigenvalue weighted by Gasteiger charge is 2.35. The zero-order chi connectivity index (χ0) is 16.1. The van der Waals surface area contributed by atoms with Crippen LogP contribution in [0.2, 0.25) is 0 Å². The van der Waals surface area contributed by atoms with E-state index in [9.17, 15) is 4.79 Å². The van der Waals surface area contributed by atoms with Crippen LogP contribution >= 0.6 is 11.8 Å². The van der Waals surface area contributed by atoms with Crippen molar-refractivity contribution in [3.8, 4) is 0 Å². The summed E-state index contributed by atoms with van der Waals surface area (Å²) >= 11 is 1.45. The molecule has 3 rings (SSSR count). The van der Waals surface area contributed by atoms with E-state index in [1.807, 2.05) is 67.6 Å². The molecule has 0 spiro atoms. The first-order valence-corrected chi connectivity index (χ1v) is 8.30. The standard InChI is InChI=1S/C18H17N3OS/c1-14-17(22)21(13-16-10-6-3-7-11-16)18(23-14)20-19-12-15-8-4-2-5-9-15/h2-12,14H,13H2,1H3/b19-12-,20-18-/t14-/m0/s1. The molecular formula is C18H17N3OS. The fraction of sp³-hybridized carbons (Fsp3) is 0.167. The largest absolute Gasteiger partial charge is 0.284 e. The lowest BCUT2D eigenvalue weighted by atomic mass is 10.2. The lowest BCUT2D eigenvalue weighted by Gasteiger charge is -2.15. The van der Waals surface area contributed by atoms with E-state index in [2.05, 4.69) is 10.2 Å². The summed E-state index contributed by atoms with van der Waals surface area (Å²) in [6.07, 6.45) is 1.70. The number of rotatable bonds is 4. The van der Waals surface area contributed by atoms with Gasteiger partial charge in [-0.1, -0.05) is 72.4 Å². The minimum atomic E-state index is -0.121. The highest BCUT2D eigenvalue weighted by Crippen LogP contribution is 2.28. The molecule has 1 saturated heterocycles. The Morgan fingerprint density at radius 2 is 1.74 bits per heavy atom. The molecule has 0 N–H and O–H groups in total. The van der Waals surface area contributed by atoms with Crippen LogP contribution in [0.5, 0.6) is 0 Å². The van der Waals surface area contributed by atoms with Gasteiger partial charge in [0.25, 0.3) is 0 Å². The Morgan fingerprint density at radius 1 is 1.09 bits per heavy atom. The van der Waals surface area contributed by atoms with Gasteiger partial charge in [-0.3, -0.25) is 9.69 Å². The van der Waals surface area contributed by atoms with Crippen molar-refractivity contribution in [3.63, 3.8) is 0 Å². The topological polar surface area (TPSA) is 45.0 Å². The molecule has 0 aromatic heterocycles. The molecule has 0 bridgehead atoms. The van der Waals surface area contributed by atoms with Gasteiger partial charge in [-0.25, -0.2) is 0 Å². The van der Waals surface area contributed by atoms with Crippen molar-refractivity contribution in [1.29, 1.82) is 0 Å². The van der Waals surface area contributed by atoms with Crippen LogP contribution in [0.4, 0.5) is 0 Å². The van der Waals surface area contributed by atoms with E-state index >= 15 is 0 Å². The first-order valence-electron chi connectivity index (χ1n) is 7.42. The summed E-state index contributed by atoms with van der Waals surface area (Å²) in [5, 5.41) is 8.91. The first-order chi connectivity index (χ1) is 11.2. The molecule has 2 aromatic carbocycles. The van der Waals surface area contributed by atoms with Gasteiger partial charge < -0.3 is 0 Å². The first kappa shape index (κ1) is 15.5. The number of hydrogen-bond acceptors (Lipinski definition) is 4. The lowest BCUT2D eigenvalue weighted by Crippen LogP contribution is -2.30. The van der Waals surface area contributed by atoms with Gasteiger partial charge in [0.2, 0.25) is 5.91 Å². The van der Waals surface area contributed by atoms with E-state index in [0.29, 0.717) is 11.7 Å². The van der Waals surface area contributed by atoms with Crippen LogP contribution in [0, 0.1) is 0 Å². The third-order valence-electron chi connectivity index (χ3n) is 3.46. The minimum absolute atomic E-state index is 0.0764. The summed E-state index contributed by atoms with van der Waals surface area (Å²) in [5.41, 5.74) is 2.06. The smallest absolute Gasteiger partial charge is 0.242 e. The minimum Gasteiger partial charge on any atom is -0.284 e. The summed E-state index contributed by atoms with van der Waals surface area (Å²) in [5.74, 6) is 0.0764. The van der Waals surface area contributed by atoms with Crippen molar-refractivity contribution < 1.29 is 4.79 Å². The molecule has 1 aliphatic rings. The molecule has 116 valence electrons. The molecule has 0 unspecified atom stereocenters. The second-order valence-corrected chi connectivity index (χ2v) is 6.52. The Balaban J connectivity index is 1.77. The number of hydrogen-bond donors (Lipinski definition) is 0. The van der Waals surface area contributed by atoms with Crippen molar-refractivity contribution in [2.45, 2.75) is 18.7 Å². The van der Waals surface area contributed by atoms with Crippen molar-refractivity contribution >= 4 is 29.1 Å². The van der Waals surface area contributed by atoms with Crippen molar-refractivity contribution in [2.75, 3.05) is 0 Å². The van der Waals surface area contributed by atoms with Crippen molar-refractivity contribution in [2.24, 2.45) is 10.2 Å². The van der Waals surface area contributed by atoms with Crippen LogP contribution in [0.15, 0.2) is 70.9 Å². The summed E-state index contributed by atoms with van der Waals surface area (Å²) in [6, 6.07) is 19.7. The Hall–Kier alpha value is -2.40. The SMILES string of the molecule is C[C@@H]1S/C(=N\N=C/c2ccccc2)N(Cc2ccccc2)C1=O. The maximum Gasteiger partial charge on any atom is 0.242 e. The zero-order valence-corrected chi connectivity index (χ0v) is 13.6. The predicted octanol–water partition coefficient (Wildman–Crippen LogP) is 3.54. The zero-order valence-electron chi connectivity index (χ0n) is 12.8. The predicted molar refractivity (Wildman–Crippen MR) is 95.5 cm³/mol. The Labute approximate surface area is 139 Å². The molecule has 0 aliphatic carbocycles. The fourth-order valence-electron chi connectivity index (χ4n) is 2.26. The number of carbonyl (C=O) groups is 1. The summed E-state index contributed by atoms with van der Waals surface area (Å²) in [7, 11) is 0. The molecule has 5 heteroatoms. The van der Waals surface area contributed by atoms with Crippen molar-refractivity contribution in [1.82, 2.24) is 4.90 Å². The molecule has 2 aromatic rings. The second kappa shape index (κ2) is 7.24. The summed E-state index contributed by atoms with van der Waals surface area (Å²) < 4.78 is 0. The van der Waals surface area contributed by atoms with E-state index in [4.69, 9.17) is 0 Å². The molecular weight excluding hydrogens is 306 g/mol. The highest BCUT2D eigenvalue weighted by molar-refractivity contribution is 8.15. The summed E-state index contributed by atoms with van der Waals surface area (Å²) in [6.45, 7) is 2.42. The van der Waals surface area contributed by atoms with Gasteiger partial charge in [0.15, 0.2) is 5.17 Å². The average Bonchev–Trinajstić information content (AvgIpc) is 2.85. The van der Waals surface area contributed by atoms with Gasteiger partial charge in [-0.15, -0.1) is 5.10 Å². The maximum atomic E-state index is 12.3. The molecule has 1 atom stereocenters. The third kappa shape index (κ3) is 3.87. The fourth-order valence-corrected chi connectivity index (χ4v) is 3.18. The quantitative estimate of drug-likeness (QED) is 0.638. The van der Waals surface area contributed by atoms with E-state index in [1.54, 1.807) is 11.1 Å².